The minimum Gasteiger partial charge on any atom is -0.494 e. The van der Waals surface area contributed by atoms with Gasteiger partial charge in [-0.15, -0.1) is 0 Å². The first-order chi connectivity index (χ1) is 8.76. The second-order valence-corrected chi connectivity index (χ2v) is 3.79. The van der Waals surface area contributed by atoms with Gasteiger partial charge in [-0.1, -0.05) is 6.07 Å². The number of halogens is 1. The van der Waals surface area contributed by atoms with Gasteiger partial charge in [0.2, 0.25) is 0 Å². The molecular formula is C13H14FN3O. The smallest absolute Gasteiger partial charge is 0.165 e. The molecule has 1 atom stereocenters. The lowest BCUT2D eigenvalue weighted by molar-refractivity contribution is 0.386. The first-order valence-electron chi connectivity index (χ1n) is 5.53. The Hall–Kier alpha value is -2.01. The lowest BCUT2D eigenvalue weighted by Gasteiger charge is -2.17. The van der Waals surface area contributed by atoms with E-state index in [2.05, 4.69) is 15.5 Å². The van der Waals surface area contributed by atoms with E-state index in [4.69, 9.17) is 4.74 Å². The highest BCUT2D eigenvalue weighted by molar-refractivity contribution is 5.35. The number of hydrogen-bond acceptors (Lipinski definition) is 4. The summed E-state index contributed by atoms with van der Waals surface area (Å²) in [7, 11) is 3.26. The Morgan fingerprint density at radius 2 is 2.06 bits per heavy atom. The van der Waals surface area contributed by atoms with E-state index in [1.165, 1.54) is 13.2 Å². The minimum absolute atomic E-state index is 0.124. The van der Waals surface area contributed by atoms with Crippen molar-refractivity contribution in [3.63, 3.8) is 0 Å². The van der Waals surface area contributed by atoms with Gasteiger partial charge in [0.05, 0.1) is 19.3 Å². The predicted octanol–water partition coefficient (Wildman–Crippen LogP) is 1.93. The lowest BCUT2D eigenvalue weighted by Crippen LogP contribution is -2.18. The van der Waals surface area contributed by atoms with Crippen LogP contribution in [0.4, 0.5) is 4.39 Å². The molecule has 1 heterocycles. The summed E-state index contributed by atoms with van der Waals surface area (Å²) in [5.41, 5.74) is 1.74. The molecule has 1 unspecified atom stereocenters. The van der Waals surface area contributed by atoms with Crippen molar-refractivity contribution in [1.29, 1.82) is 0 Å². The van der Waals surface area contributed by atoms with E-state index >= 15 is 0 Å². The van der Waals surface area contributed by atoms with E-state index in [0.29, 0.717) is 0 Å². The molecule has 2 aromatic rings. The second kappa shape index (κ2) is 5.55. The SMILES string of the molecule is CNC(c1ccnnc1)c1ccc(OC)c(F)c1. The van der Waals surface area contributed by atoms with E-state index in [9.17, 15) is 4.39 Å². The zero-order valence-electron chi connectivity index (χ0n) is 10.2. The topological polar surface area (TPSA) is 47.0 Å². The third-order valence-corrected chi connectivity index (χ3v) is 2.74. The molecule has 0 spiro atoms. The van der Waals surface area contributed by atoms with Crippen molar-refractivity contribution in [2.45, 2.75) is 6.04 Å². The van der Waals surface area contributed by atoms with Crippen LogP contribution >= 0.6 is 0 Å². The average Bonchev–Trinajstić information content (AvgIpc) is 2.41. The van der Waals surface area contributed by atoms with Gasteiger partial charge in [-0.25, -0.2) is 4.39 Å². The van der Waals surface area contributed by atoms with Crippen molar-refractivity contribution >= 4 is 0 Å². The number of nitrogens with zero attached hydrogens (tertiary/aromatic N) is 2. The van der Waals surface area contributed by atoms with Gasteiger partial charge < -0.3 is 10.1 Å². The van der Waals surface area contributed by atoms with Gasteiger partial charge in [0.25, 0.3) is 0 Å². The van der Waals surface area contributed by atoms with Crippen molar-refractivity contribution in [3.05, 3.63) is 53.6 Å². The highest BCUT2D eigenvalue weighted by Crippen LogP contribution is 2.25. The summed E-state index contributed by atoms with van der Waals surface area (Å²) in [5, 5.41) is 10.7. The molecule has 0 aliphatic heterocycles. The molecule has 0 radical (unpaired) electrons. The summed E-state index contributed by atoms with van der Waals surface area (Å²) in [4.78, 5) is 0. The van der Waals surface area contributed by atoms with Crippen LogP contribution in [-0.2, 0) is 0 Å². The van der Waals surface area contributed by atoms with Gasteiger partial charge >= 0.3 is 0 Å². The van der Waals surface area contributed by atoms with Gasteiger partial charge in [-0.05, 0) is 36.4 Å². The molecule has 1 aromatic carbocycles. The van der Waals surface area contributed by atoms with E-state index < -0.39 is 0 Å². The number of methoxy groups -OCH3 is 1. The van der Waals surface area contributed by atoms with Gasteiger partial charge in [0.1, 0.15) is 0 Å². The van der Waals surface area contributed by atoms with Gasteiger partial charge in [0, 0.05) is 6.20 Å². The van der Waals surface area contributed by atoms with Crippen molar-refractivity contribution in [1.82, 2.24) is 15.5 Å². The fourth-order valence-corrected chi connectivity index (χ4v) is 1.86. The number of nitrogens with one attached hydrogen (secondary N) is 1. The van der Waals surface area contributed by atoms with Crippen molar-refractivity contribution < 1.29 is 9.13 Å². The van der Waals surface area contributed by atoms with Crippen LogP contribution in [0.15, 0.2) is 36.7 Å². The minimum atomic E-state index is -0.378. The summed E-state index contributed by atoms with van der Waals surface area (Å²) in [5.74, 6) is -0.140. The number of ether oxygens (including phenoxy) is 1. The van der Waals surface area contributed by atoms with Crippen molar-refractivity contribution in [3.8, 4) is 5.75 Å². The Morgan fingerprint density at radius 1 is 1.22 bits per heavy atom. The number of rotatable bonds is 4. The molecule has 0 saturated heterocycles. The molecule has 0 saturated carbocycles. The lowest BCUT2D eigenvalue weighted by atomic mass is 10.0. The largest absolute Gasteiger partial charge is 0.494 e. The molecule has 2 rings (SSSR count). The van der Waals surface area contributed by atoms with Crippen molar-refractivity contribution in [2.24, 2.45) is 0 Å². The quantitative estimate of drug-likeness (QED) is 0.896. The molecule has 1 N–H and O–H groups in total. The van der Waals surface area contributed by atoms with E-state index in [-0.39, 0.29) is 17.6 Å². The molecule has 4 nitrogen and oxygen atoms in total. The molecule has 0 aliphatic rings. The van der Waals surface area contributed by atoms with Crippen LogP contribution in [0.5, 0.6) is 5.75 Å². The third kappa shape index (κ3) is 2.46. The summed E-state index contributed by atoms with van der Waals surface area (Å²) in [6.07, 6.45) is 3.27. The fraction of sp³-hybridized carbons (Fsp3) is 0.231. The fourth-order valence-electron chi connectivity index (χ4n) is 1.86. The molecule has 0 amide bonds. The predicted molar refractivity (Wildman–Crippen MR) is 65.9 cm³/mol. The zero-order valence-corrected chi connectivity index (χ0v) is 10.2. The maximum atomic E-state index is 13.7. The van der Waals surface area contributed by atoms with Gasteiger partial charge in [-0.2, -0.15) is 10.2 Å². The molecule has 0 fully saturated rings. The van der Waals surface area contributed by atoms with Crippen LogP contribution in [0.1, 0.15) is 17.2 Å². The molecule has 18 heavy (non-hydrogen) atoms. The Balaban J connectivity index is 2.37. The van der Waals surface area contributed by atoms with Crippen LogP contribution in [0.3, 0.4) is 0 Å². The third-order valence-electron chi connectivity index (χ3n) is 2.74. The monoisotopic (exact) mass is 247 g/mol. The number of benzene rings is 1. The Labute approximate surface area is 105 Å². The van der Waals surface area contributed by atoms with E-state index in [1.807, 2.05) is 19.2 Å². The van der Waals surface area contributed by atoms with E-state index in [1.54, 1.807) is 18.5 Å². The van der Waals surface area contributed by atoms with Gasteiger partial charge in [-0.3, -0.25) is 0 Å². The maximum Gasteiger partial charge on any atom is 0.165 e. The van der Waals surface area contributed by atoms with Crippen molar-refractivity contribution in [2.75, 3.05) is 14.2 Å². The molecular weight excluding hydrogens is 233 g/mol. The first-order valence-corrected chi connectivity index (χ1v) is 5.53. The Morgan fingerprint density at radius 3 is 2.61 bits per heavy atom. The van der Waals surface area contributed by atoms with Crippen LogP contribution in [0.2, 0.25) is 0 Å². The summed E-state index contributed by atoms with van der Waals surface area (Å²) >= 11 is 0. The molecule has 0 bridgehead atoms. The van der Waals surface area contributed by atoms with Crippen LogP contribution in [0.25, 0.3) is 0 Å². The highest BCUT2D eigenvalue weighted by Gasteiger charge is 2.14. The Bertz CT molecular complexity index is 519. The zero-order chi connectivity index (χ0) is 13.0. The van der Waals surface area contributed by atoms with Crippen LogP contribution in [-0.4, -0.2) is 24.4 Å². The normalized spacial score (nSPS) is 12.2. The molecule has 0 aliphatic carbocycles. The first kappa shape index (κ1) is 12.4. The standard InChI is InChI=1S/C13H14FN3O/c1-15-13(10-5-6-16-17-8-10)9-3-4-12(18-2)11(14)7-9/h3-8,13,15H,1-2H3. The number of hydrogen-bond donors (Lipinski definition) is 1. The van der Waals surface area contributed by atoms with Crippen LogP contribution in [0, 0.1) is 5.82 Å². The Kier molecular flexibility index (Phi) is 3.84. The summed E-state index contributed by atoms with van der Waals surface area (Å²) in [6.45, 7) is 0. The molecule has 1 aromatic heterocycles. The summed E-state index contributed by atoms with van der Waals surface area (Å²) < 4.78 is 18.6. The average molecular weight is 247 g/mol. The summed E-state index contributed by atoms with van der Waals surface area (Å²) in [6, 6.07) is 6.62. The highest BCUT2D eigenvalue weighted by atomic mass is 19.1. The maximum absolute atomic E-state index is 13.7. The molecule has 94 valence electrons. The second-order valence-electron chi connectivity index (χ2n) is 3.79. The van der Waals surface area contributed by atoms with Gasteiger partial charge in [0.15, 0.2) is 11.6 Å². The van der Waals surface area contributed by atoms with E-state index in [0.717, 1.165) is 11.1 Å². The number of aromatic nitrogens is 2. The van der Waals surface area contributed by atoms with Crippen LogP contribution < -0.4 is 10.1 Å². The molecule has 5 heteroatoms.